The highest BCUT2D eigenvalue weighted by atomic mass is 19.1. The predicted molar refractivity (Wildman–Crippen MR) is 70.7 cm³/mol. The first-order chi connectivity index (χ1) is 9.08. The quantitative estimate of drug-likeness (QED) is 0.664. The maximum absolute atomic E-state index is 13.3. The van der Waals surface area contributed by atoms with E-state index in [1.165, 1.54) is 12.1 Å². The fourth-order valence-electron chi connectivity index (χ4n) is 2.42. The first-order valence-corrected chi connectivity index (χ1v) is 6.45. The minimum Gasteiger partial charge on any atom is -0.314 e. The summed E-state index contributed by atoms with van der Waals surface area (Å²) in [6.45, 7) is 5.98. The van der Waals surface area contributed by atoms with Crippen LogP contribution in [0.3, 0.4) is 0 Å². The molecule has 0 amide bonds. The monoisotopic (exact) mass is 267 g/mol. The Hall–Kier alpha value is -1.53. The fraction of sp³-hybridized carbons (Fsp3) is 0.538. The van der Waals surface area contributed by atoms with Gasteiger partial charge in [0.1, 0.15) is 0 Å². The van der Waals surface area contributed by atoms with Crippen LogP contribution >= 0.6 is 0 Å². The molecule has 0 aromatic heterocycles. The zero-order valence-corrected chi connectivity index (χ0v) is 10.9. The van der Waals surface area contributed by atoms with Gasteiger partial charge in [-0.25, -0.2) is 0 Å². The van der Waals surface area contributed by atoms with E-state index in [2.05, 4.69) is 17.1 Å². The predicted octanol–water partition coefficient (Wildman–Crippen LogP) is 1.57. The lowest BCUT2D eigenvalue weighted by atomic mass is 10.0. The minimum atomic E-state index is -0.774. The Bertz CT molecular complexity index is 461. The number of hydrogen-bond donors (Lipinski definition) is 1. The normalized spacial score (nSPS) is 18.2. The molecule has 19 heavy (non-hydrogen) atoms. The SMILES string of the molecule is CC(Cc1ccc(F)c([N+](=O)[O-])c1)N1CCNCC1. The molecular formula is C13H18FN3O2. The molecule has 1 fully saturated rings. The van der Waals surface area contributed by atoms with Crippen LogP contribution in [0.1, 0.15) is 12.5 Å². The molecule has 0 spiro atoms. The highest BCUT2D eigenvalue weighted by molar-refractivity contribution is 5.36. The first-order valence-electron chi connectivity index (χ1n) is 6.45. The van der Waals surface area contributed by atoms with Gasteiger partial charge >= 0.3 is 5.69 Å². The van der Waals surface area contributed by atoms with Crippen LogP contribution in [0.25, 0.3) is 0 Å². The minimum absolute atomic E-state index is 0.298. The second kappa shape index (κ2) is 6.08. The molecule has 104 valence electrons. The number of benzene rings is 1. The van der Waals surface area contributed by atoms with Gasteiger partial charge in [-0.05, 0) is 25.0 Å². The third-order valence-corrected chi connectivity index (χ3v) is 3.51. The van der Waals surface area contributed by atoms with E-state index in [0.29, 0.717) is 12.5 Å². The number of nitro groups is 1. The Morgan fingerprint density at radius 3 is 2.79 bits per heavy atom. The molecule has 5 nitrogen and oxygen atoms in total. The van der Waals surface area contributed by atoms with Gasteiger partial charge in [-0.1, -0.05) is 6.07 Å². The summed E-state index contributed by atoms with van der Waals surface area (Å²) in [7, 11) is 0. The van der Waals surface area contributed by atoms with Crippen molar-refractivity contribution in [1.82, 2.24) is 10.2 Å². The number of halogens is 1. The van der Waals surface area contributed by atoms with E-state index in [4.69, 9.17) is 0 Å². The second-order valence-electron chi connectivity index (χ2n) is 4.88. The number of rotatable bonds is 4. The summed E-state index contributed by atoms with van der Waals surface area (Å²) in [5.74, 6) is -0.774. The van der Waals surface area contributed by atoms with Gasteiger partial charge in [-0.15, -0.1) is 0 Å². The lowest BCUT2D eigenvalue weighted by molar-refractivity contribution is -0.387. The van der Waals surface area contributed by atoms with Gasteiger partial charge in [0.25, 0.3) is 0 Å². The molecule has 1 aromatic carbocycles. The molecule has 1 atom stereocenters. The van der Waals surface area contributed by atoms with Crippen LogP contribution < -0.4 is 5.32 Å². The maximum atomic E-state index is 13.3. The fourth-order valence-corrected chi connectivity index (χ4v) is 2.42. The van der Waals surface area contributed by atoms with Gasteiger partial charge in [0.2, 0.25) is 5.82 Å². The summed E-state index contributed by atoms with van der Waals surface area (Å²) in [5.41, 5.74) is 0.365. The third-order valence-electron chi connectivity index (χ3n) is 3.51. The highest BCUT2D eigenvalue weighted by Gasteiger charge is 2.19. The summed E-state index contributed by atoms with van der Waals surface area (Å²) in [6, 6.07) is 4.44. The van der Waals surface area contributed by atoms with Gasteiger partial charge in [-0.3, -0.25) is 15.0 Å². The van der Waals surface area contributed by atoms with E-state index in [1.54, 1.807) is 6.07 Å². The molecule has 6 heteroatoms. The molecule has 2 rings (SSSR count). The molecule has 1 N–H and O–H groups in total. The number of nitrogens with one attached hydrogen (secondary N) is 1. The summed E-state index contributed by atoms with van der Waals surface area (Å²) in [4.78, 5) is 12.4. The summed E-state index contributed by atoms with van der Waals surface area (Å²) in [5, 5.41) is 14.0. The van der Waals surface area contributed by atoms with Gasteiger partial charge in [0, 0.05) is 38.3 Å². The van der Waals surface area contributed by atoms with Crippen LogP contribution in [-0.2, 0) is 6.42 Å². The van der Waals surface area contributed by atoms with Crippen molar-refractivity contribution >= 4 is 5.69 Å². The lowest BCUT2D eigenvalue weighted by Crippen LogP contribution is -2.48. The van der Waals surface area contributed by atoms with Crippen molar-refractivity contribution in [3.8, 4) is 0 Å². The smallest absolute Gasteiger partial charge is 0.305 e. The van der Waals surface area contributed by atoms with Crippen LogP contribution in [-0.4, -0.2) is 42.0 Å². The van der Waals surface area contributed by atoms with Crippen LogP contribution in [0, 0.1) is 15.9 Å². The van der Waals surface area contributed by atoms with Crippen molar-refractivity contribution in [3.05, 3.63) is 39.7 Å². The van der Waals surface area contributed by atoms with Crippen molar-refractivity contribution in [2.45, 2.75) is 19.4 Å². The van der Waals surface area contributed by atoms with Gasteiger partial charge in [0.15, 0.2) is 0 Å². The van der Waals surface area contributed by atoms with E-state index < -0.39 is 16.4 Å². The lowest BCUT2D eigenvalue weighted by Gasteiger charge is -2.32. The zero-order chi connectivity index (χ0) is 13.8. The average molecular weight is 267 g/mol. The molecule has 1 unspecified atom stereocenters. The Morgan fingerprint density at radius 2 is 2.16 bits per heavy atom. The number of nitro benzene ring substituents is 1. The second-order valence-corrected chi connectivity index (χ2v) is 4.88. The Morgan fingerprint density at radius 1 is 1.47 bits per heavy atom. The van der Waals surface area contributed by atoms with Crippen LogP contribution in [0.2, 0.25) is 0 Å². The molecule has 1 aromatic rings. The molecule has 1 saturated heterocycles. The van der Waals surface area contributed by atoms with E-state index in [0.717, 1.165) is 31.7 Å². The van der Waals surface area contributed by atoms with Gasteiger partial charge < -0.3 is 5.32 Å². The Labute approximate surface area is 111 Å². The topological polar surface area (TPSA) is 58.4 Å². The van der Waals surface area contributed by atoms with Gasteiger partial charge in [-0.2, -0.15) is 4.39 Å². The molecule has 1 aliphatic rings. The standard InChI is InChI=1S/C13H18FN3O2/c1-10(16-6-4-15-5-7-16)8-11-2-3-12(14)13(9-11)17(18)19/h2-3,9-10,15H,4-8H2,1H3. The molecular weight excluding hydrogens is 249 g/mol. The molecule has 0 saturated carbocycles. The first kappa shape index (κ1) is 13.9. The van der Waals surface area contributed by atoms with Crippen LogP contribution in [0.4, 0.5) is 10.1 Å². The molecule has 1 aliphatic heterocycles. The van der Waals surface area contributed by atoms with Gasteiger partial charge in [0.05, 0.1) is 4.92 Å². The van der Waals surface area contributed by atoms with Crippen molar-refractivity contribution < 1.29 is 9.31 Å². The maximum Gasteiger partial charge on any atom is 0.305 e. The molecule has 0 aliphatic carbocycles. The van der Waals surface area contributed by atoms with Crippen molar-refractivity contribution in [2.24, 2.45) is 0 Å². The largest absolute Gasteiger partial charge is 0.314 e. The van der Waals surface area contributed by atoms with E-state index in [1.807, 2.05) is 0 Å². The molecule has 0 bridgehead atoms. The van der Waals surface area contributed by atoms with E-state index >= 15 is 0 Å². The summed E-state index contributed by atoms with van der Waals surface area (Å²) in [6.07, 6.45) is 0.696. The number of nitrogens with zero attached hydrogens (tertiary/aromatic N) is 2. The summed E-state index contributed by atoms with van der Waals surface area (Å²) < 4.78 is 13.3. The third kappa shape index (κ3) is 3.48. The number of piperazine rings is 1. The van der Waals surface area contributed by atoms with E-state index in [-0.39, 0.29) is 0 Å². The van der Waals surface area contributed by atoms with Crippen molar-refractivity contribution in [3.63, 3.8) is 0 Å². The molecule has 0 radical (unpaired) electrons. The number of hydrogen-bond acceptors (Lipinski definition) is 4. The Balaban J connectivity index is 2.05. The van der Waals surface area contributed by atoms with Crippen molar-refractivity contribution in [1.29, 1.82) is 0 Å². The Kier molecular flexibility index (Phi) is 4.44. The zero-order valence-electron chi connectivity index (χ0n) is 10.9. The highest BCUT2D eigenvalue weighted by Crippen LogP contribution is 2.20. The summed E-state index contributed by atoms with van der Waals surface area (Å²) >= 11 is 0. The van der Waals surface area contributed by atoms with Crippen LogP contribution in [0.15, 0.2) is 18.2 Å². The molecule has 1 heterocycles. The van der Waals surface area contributed by atoms with Crippen LogP contribution in [0.5, 0.6) is 0 Å². The van der Waals surface area contributed by atoms with E-state index in [9.17, 15) is 14.5 Å². The van der Waals surface area contributed by atoms with Crippen molar-refractivity contribution in [2.75, 3.05) is 26.2 Å². The average Bonchev–Trinajstić information content (AvgIpc) is 2.41.